The van der Waals surface area contributed by atoms with Gasteiger partial charge in [0.05, 0.1) is 12.7 Å². The number of Topliss-reactive ketones (excluding diaryl/α,β-unsaturated/α-hetero) is 1. The summed E-state index contributed by atoms with van der Waals surface area (Å²) < 4.78 is 5.12. The molecule has 0 saturated heterocycles. The summed E-state index contributed by atoms with van der Waals surface area (Å²) in [6.45, 7) is 3.36. The van der Waals surface area contributed by atoms with Gasteiger partial charge in [0.2, 0.25) is 0 Å². The van der Waals surface area contributed by atoms with Crippen LogP contribution in [0.3, 0.4) is 0 Å². The molecule has 0 aliphatic heterocycles. The molecular formula is C10H13NO2. The molecule has 0 saturated carbocycles. The quantitative estimate of drug-likeness (QED) is 0.556. The third-order valence-electron chi connectivity index (χ3n) is 1.94. The lowest BCUT2D eigenvalue weighted by molar-refractivity contribution is 0.101. The van der Waals surface area contributed by atoms with Crippen LogP contribution in [-0.4, -0.2) is 12.9 Å². The molecule has 1 rings (SSSR count). The first kappa shape index (κ1) is 9.58. The van der Waals surface area contributed by atoms with Gasteiger partial charge >= 0.3 is 0 Å². The minimum absolute atomic E-state index is 0.0712. The fourth-order valence-electron chi connectivity index (χ4n) is 1.33. The van der Waals surface area contributed by atoms with Crippen LogP contribution in [0.5, 0.6) is 5.75 Å². The molecule has 0 amide bonds. The minimum atomic E-state index is -0.0712. The van der Waals surface area contributed by atoms with E-state index in [1.807, 2.05) is 13.0 Å². The molecule has 0 heterocycles. The first-order valence-corrected chi connectivity index (χ1v) is 4.02. The normalized spacial score (nSPS) is 9.77. The number of anilines is 1. The minimum Gasteiger partial charge on any atom is -0.496 e. The van der Waals surface area contributed by atoms with Gasteiger partial charge in [0, 0.05) is 5.69 Å². The van der Waals surface area contributed by atoms with Crippen LogP contribution in [0.2, 0.25) is 0 Å². The van der Waals surface area contributed by atoms with Crippen molar-refractivity contribution in [2.45, 2.75) is 13.8 Å². The molecule has 13 heavy (non-hydrogen) atoms. The van der Waals surface area contributed by atoms with Crippen molar-refractivity contribution in [3.8, 4) is 5.75 Å². The second-order valence-electron chi connectivity index (χ2n) is 2.94. The highest BCUT2D eigenvalue weighted by atomic mass is 16.5. The van der Waals surface area contributed by atoms with Gasteiger partial charge in [-0.2, -0.15) is 0 Å². The summed E-state index contributed by atoms with van der Waals surface area (Å²) >= 11 is 0. The van der Waals surface area contributed by atoms with Gasteiger partial charge < -0.3 is 10.5 Å². The molecule has 3 nitrogen and oxygen atoms in total. The topological polar surface area (TPSA) is 52.3 Å². The lowest BCUT2D eigenvalue weighted by Crippen LogP contribution is -2.04. The summed E-state index contributed by atoms with van der Waals surface area (Å²) in [7, 11) is 1.54. The van der Waals surface area contributed by atoms with Crippen LogP contribution in [-0.2, 0) is 0 Å². The molecule has 0 aliphatic carbocycles. The Bertz CT molecular complexity index is 345. The summed E-state index contributed by atoms with van der Waals surface area (Å²) in [6, 6.07) is 3.55. The van der Waals surface area contributed by atoms with Crippen molar-refractivity contribution >= 4 is 11.5 Å². The fraction of sp³-hybridized carbons (Fsp3) is 0.300. The average Bonchev–Trinajstić information content (AvgIpc) is 2.07. The zero-order chi connectivity index (χ0) is 10.0. The van der Waals surface area contributed by atoms with Crippen LogP contribution in [0.4, 0.5) is 5.69 Å². The van der Waals surface area contributed by atoms with E-state index in [-0.39, 0.29) is 5.78 Å². The Labute approximate surface area is 77.5 Å². The molecule has 3 heteroatoms. The number of aryl methyl sites for hydroxylation is 1. The Hall–Kier alpha value is -1.51. The summed E-state index contributed by atoms with van der Waals surface area (Å²) in [5.41, 5.74) is 7.53. The average molecular weight is 179 g/mol. The van der Waals surface area contributed by atoms with Crippen LogP contribution < -0.4 is 10.5 Å². The number of carbonyl (C=O) groups is 1. The highest BCUT2D eigenvalue weighted by molar-refractivity contribution is 6.02. The third kappa shape index (κ3) is 1.64. The fourth-order valence-corrected chi connectivity index (χ4v) is 1.33. The summed E-state index contributed by atoms with van der Waals surface area (Å²) in [5, 5.41) is 0. The van der Waals surface area contributed by atoms with Gasteiger partial charge in [-0.25, -0.2) is 0 Å². The van der Waals surface area contributed by atoms with Crippen molar-refractivity contribution in [2.24, 2.45) is 0 Å². The van der Waals surface area contributed by atoms with Crippen molar-refractivity contribution in [3.05, 3.63) is 23.3 Å². The smallest absolute Gasteiger partial charge is 0.165 e. The van der Waals surface area contributed by atoms with Gasteiger partial charge in [0.25, 0.3) is 0 Å². The molecule has 1 aromatic rings. The van der Waals surface area contributed by atoms with E-state index >= 15 is 0 Å². The van der Waals surface area contributed by atoms with Crippen LogP contribution in [0, 0.1) is 6.92 Å². The maximum atomic E-state index is 11.2. The predicted molar refractivity (Wildman–Crippen MR) is 52.1 cm³/mol. The molecule has 0 aromatic heterocycles. The number of methoxy groups -OCH3 is 1. The number of nitrogen functional groups attached to an aromatic ring is 1. The van der Waals surface area contributed by atoms with E-state index in [1.54, 1.807) is 6.07 Å². The summed E-state index contributed by atoms with van der Waals surface area (Å²) in [6.07, 6.45) is 0. The van der Waals surface area contributed by atoms with Crippen molar-refractivity contribution in [2.75, 3.05) is 12.8 Å². The Morgan fingerprint density at radius 3 is 2.46 bits per heavy atom. The van der Waals surface area contributed by atoms with Crippen LogP contribution in [0.25, 0.3) is 0 Å². The highest BCUT2D eigenvalue weighted by Crippen LogP contribution is 2.28. The molecule has 0 unspecified atom stereocenters. The van der Waals surface area contributed by atoms with Gasteiger partial charge in [-0.3, -0.25) is 4.79 Å². The van der Waals surface area contributed by atoms with E-state index in [9.17, 15) is 4.79 Å². The molecule has 0 atom stereocenters. The molecular weight excluding hydrogens is 166 g/mol. The number of ketones is 1. The maximum Gasteiger partial charge on any atom is 0.165 e. The zero-order valence-electron chi connectivity index (χ0n) is 8.05. The van der Waals surface area contributed by atoms with E-state index in [4.69, 9.17) is 10.5 Å². The van der Waals surface area contributed by atoms with Gasteiger partial charge in [-0.15, -0.1) is 0 Å². The Morgan fingerprint density at radius 2 is 2.08 bits per heavy atom. The predicted octanol–water partition coefficient (Wildman–Crippen LogP) is 1.79. The number of nitrogens with two attached hydrogens (primary N) is 1. The van der Waals surface area contributed by atoms with E-state index < -0.39 is 0 Å². The first-order chi connectivity index (χ1) is 6.07. The largest absolute Gasteiger partial charge is 0.496 e. The molecule has 1 aromatic carbocycles. The second kappa shape index (κ2) is 3.47. The number of rotatable bonds is 2. The number of hydrogen-bond acceptors (Lipinski definition) is 3. The maximum absolute atomic E-state index is 11.2. The Morgan fingerprint density at radius 1 is 1.46 bits per heavy atom. The Kier molecular flexibility index (Phi) is 2.56. The van der Waals surface area contributed by atoms with Gasteiger partial charge in [-0.05, 0) is 25.5 Å². The third-order valence-corrected chi connectivity index (χ3v) is 1.94. The Balaban J connectivity index is 3.43. The summed E-state index contributed by atoms with van der Waals surface area (Å²) in [4.78, 5) is 11.2. The van der Waals surface area contributed by atoms with Gasteiger partial charge in [-0.1, -0.05) is 6.07 Å². The number of benzene rings is 1. The molecule has 70 valence electrons. The molecule has 0 radical (unpaired) electrons. The number of carbonyl (C=O) groups excluding carboxylic acids is 1. The summed E-state index contributed by atoms with van der Waals surface area (Å²) in [5.74, 6) is 0.505. The zero-order valence-corrected chi connectivity index (χ0v) is 8.05. The van der Waals surface area contributed by atoms with Gasteiger partial charge in [0.1, 0.15) is 5.75 Å². The van der Waals surface area contributed by atoms with E-state index in [0.29, 0.717) is 17.0 Å². The van der Waals surface area contributed by atoms with Gasteiger partial charge in [0.15, 0.2) is 5.78 Å². The van der Waals surface area contributed by atoms with Crippen LogP contribution >= 0.6 is 0 Å². The second-order valence-corrected chi connectivity index (χ2v) is 2.94. The molecule has 2 N–H and O–H groups in total. The molecule has 0 spiro atoms. The molecule has 0 fully saturated rings. The van der Waals surface area contributed by atoms with Crippen molar-refractivity contribution in [1.29, 1.82) is 0 Å². The highest BCUT2D eigenvalue weighted by Gasteiger charge is 2.13. The standard InChI is InChI=1S/C10H13NO2/c1-6-4-5-8(11)9(7(2)12)10(6)13-3/h4-5H,11H2,1-3H3. The van der Waals surface area contributed by atoms with E-state index in [2.05, 4.69) is 0 Å². The number of hydrogen-bond donors (Lipinski definition) is 1. The monoisotopic (exact) mass is 179 g/mol. The SMILES string of the molecule is COc1c(C)ccc(N)c1C(C)=O. The van der Waals surface area contributed by atoms with E-state index in [0.717, 1.165) is 5.56 Å². The first-order valence-electron chi connectivity index (χ1n) is 4.02. The van der Waals surface area contributed by atoms with Crippen molar-refractivity contribution < 1.29 is 9.53 Å². The van der Waals surface area contributed by atoms with Crippen LogP contribution in [0.15, 0.2) is 12.1 Å². The lowest BCUT2D eigenvalue weighted by Gasteiger charge is -2.10. The van der Waals surface area contributed by atoms with Crippen LogP contribution in [0.1, 0.15) is 22.8 Å². The molecule has 0 aliphatic rings. The lowest BCUT2D eigenvalue weighted by atomic mass is 10.0. The van der Waals surface area contributed by atoms with E-state index in [1.165, 1.54) is 14.0 Å². The number of ether oxygens (including phenoxy) is 1. The van der Waals surface area contributed by atoms with Crippen molar-refractivity contribution in [1.82, 2.24) is 0 Å². The van der Waals surface area contributed by atoms with Crippen molar-refractivity contribution in [3.63, 3.8) is 0 Å². The molecule has 0 bridgehead atoms.